The van der Waals surface area contributed by atoms with Crippen molar-refractivity contribution in [3.63, 3.8) is 0 Å². The van der Waals surface area contributed by atoms with Crippen molar-refractivity contribution < 1.29 is 36.7 Å². The average Bonchev–Trinajstić information content (AvgIpc) is 3.14. The molecule has 2 aromatic heterocycles. The summed E-state index contributed by atoms with van der Waals surface area (Å²) < 4.78 is 69.4. The molecule has 2 aliphatic rings. The fourth-order valence-corrected chi connectivity index (χ4v) is 9.00. The normalized spacial score (nSPS) is 17.4. The van der Waals surface area contributed by atoms with E-state index in [0.717, 1.165) is 12.1 Å². The number of benzene rings is 2. The van der Waals surface area contributed by atoms with Crippen LogP contribution in [0.1, 0.15) is 85.9 Å². The molecule has 324 valence electrons. The number of amides is 2. The zero-order chi connectivity index (χ0) is 44.4. The van der Waals surface area contributed by atoms with Crippen molar-refractivity contribution in [2.45, 2.75) is 117 Å². The molecule has 4 heterocycles. The van der Waals surface area contributed by atoms with Crippen molar-refractivity contribution in [2.75, 3.05) is 43.2 Å². The molecule has 4 aromatic rings. The molecule has 1 saturated heterocycles. The molecule has 2 amide bonds. The monoisotopic (exact) mass is 849 g/mol. The van der Waals surface area contributed by atoms with Gasteiger partial charge in [-0.05, 0) is 94.9 Å². The number of halogens is 3. The number of piperazine rings is 1. The van der Waals surface area contributed by atoms with Crippen molar-refractivity contribution in [1.82, 2.24) is 14.5 Å². The van der Waals surface area contributed by atoms with Crippen LogP contribution in [0.5, 0.6) is 5.75 Å². The molecule has 0 N–H and O–H groups in total. The zero-order valence-corrected chi connectivity index (χ0v) is 38.1. The van der Waals surface area contributed by atoms with E-state index in [4.69, 9.17) is 13.9 Å². The van der Waals surface area contributed by atoms with Crippen LogP contribution in [0.15, 0.2) is 41.3 Å². The first-order valence-electron chi connectivity index (χ1n) is 20.5. The number of pyridine rings is 2. The third kappa shape index (κ3) is 7.90. The molecule has 0 spiro atoms. The third-order valence-electron chi connectivity index (χ3n) is 11.9. The van der Waals surface area contributed by atoms with Crippen molar-refractivity contribution in [2.24, 2.45) is 0 Å². The molecule has 0 unspecified atom stereocenters. The number of carbonyl (C=O) groups is 2. The Labute approximate surface area is 351 Å². The summed E-state index contributed by atoms with van der Waals surface area (Å²) in [6.07, 6.45) is 1.32. The highest BCUT2D eigenvalue weighted by molar-refractivity contribution is 6.74. The van der Waals surface area contributed by atoms with E-state index < -0.39 is 72.1 Å². The Morgan fingerprint density at radius 1 is 0.967 bits per heavy atom. The number of hydrogen-bond acceptors (Lipinski definition) is 8. The van der Waals surface area contributed by atoms with Gasteiger partial charge < -0.3 is 28.6 Å². The van der Waals surface area contributed by atoms with Gasteiger partial charge in [-0.25, -0.2) is 18.0 Å². The first-order chi connectivity index (χ1) is 27.9. The summed E-state index contributed by atoms with van der Waals surface area (Å²) in [6.45, 7) is 23.5. The Morgan fingerprint density at radius 2 is 1.65 bits per heavy atom. The van der Waals surface area contributed by atoms with Crippen molar-refractivity contribution >= 4 is 42.6 Å². The maximum atomic E-state index is 17.9. The van der Waals surface area contributed by atoms with Gasteiger partial charge in [-0.15, -0.1) is 0 Å². The second-order valence-electron chi connectivity index (χ2n) is 18.7. The molecule has 1 fully saturated rings. The minimum Gasteiger partial charge on any atom is -0.496 e. The minimum absolute atomic E-state index is 0.0189. The number of anilines is 2. The van der Waals surface area contributed by atoms with Crippen molar-refractivity contribution in [1.29, 1.82) is 0 Å². The Morgan fingerprint density at radius 3 is 2.27 bits per heavy atom. The van der Waals surface area contributed by atoms with Crippen LogP contribution in [-0.4, -0.2) is 85.8 Å². The second kappa shape index (κ2) is 16.2. The smallest absolute Gasteiger partial charge is 0.410 e. The Balaban J connectivity index is 1.69. The number of hydrogen-bond donors (Lipinski definition) is 0. The van der Waals surface area contributed by atoms with Gasteiger partial charge in [-0.1, -0.05) is 40.7 Å². The Kier molecular flexibility index (Phi) is 12.0. The fraction of sp³-hybridized carbons (Fsp3) is 0.511. The molecule has 0 aliphatic carbocycles. The first-order valence-corrected chi connectivity index (χ1v) is 23.4. The molecule has 15 heteroatoms. The van der Waals surface area contributed by atoms with Gasteiger partial charge in [0.1, 0.15) is 34.7 Å². The van der Waals surface area contributed by atoms with Crippen LogP contribution in [-0.2, 0) is 14.0 Å². The SMILES string of the molecule is COc1cccc(F)c1-c1c(F)cc2c3c(c(=O)n(-c4c(C)ccnc4C(C)C)c2c1F)N(CCCO[Si](C)(C)C(C)(C)C)C(=O)[C@H]1CN(C(=O)OC(C)(C)C)[C@H](C)CN31. The van der Waals surface area contributed by atoms with Gasteiger partial charge in [0, 0.05) is 37.3 Å². The minimum atomic E-state index is -2.20. The van der Waals surface area contributed by atoms with Gasteiger partial charge in [0.2, 0.25) is 0 Å². The lowest BCUT2D eigenvalue weighted by atomic mass is 9.94. The van der Waals surface area contributed by atoms with Crippen molar-refractivity contribution in [3.8, 4) is 22.6 Å². The summed E-state index contributed by atoms with van der Waals surface area (Å²) in [7, 11) is -0.925. The number of carbonyl (C=O) groups excluding carboxylic acids is 2. The summed E-state index contributed by atoms with van der Waals surface area (Å²) in [6, 6.07) is 5.04. The van der Waals surface area contributed by atoms with E-state index >= 15 is 22.8 Å². The Bertz CT molecular complexity index is 2410. The lowest BCUT2D eigenvalue weighted by molar-refractivity contribution is -0.121. The number of rotatable bonds is 9. The number of fused-ring (bicyclic) bond motifs is 5. The Hall–Kier alpha value is -4.89. The summed E-state index contributed by atoms with van der Waals surface area (Å²) in [5, 5.41) is -0.0953. The van der Waals surface area contributed by atoms with Gasteiger partial charge >= 0.3 is 6.09 Å². The lowest BCUT2D eigenvalue weighted by Crippen LogP contribution is -2.67. The van der Waals surface area contributed by atoms with Gasteiger partial charge in [0.05, 0.1) is 47.4 Å². The standard InChI is InChI=1S/C45H58F3N5O6Si/c1-25(2)36-37(26(3)18-19-49-36)53-38-28(22-30(47)34(35(38)48)33-29(46)16-14-17-32(33)57-11)39-40(42(53)55)50(20-15-21-58-60(12,13)45(8,9)10)41(54)31-24-51(27(4)23-52(31)39)43(56)59-44(5,6)7/h14,16-19,22,25,27,31H,15,20-21,23-24H2,1-13H3/t27-,31-/m1/s1. The van der Waals surface area contributed by atoms with Gasteiger partial charge in [0.25, 0.3) is 11.5 Å². The van der Waals surface area contributed by atoms with E-state index in [1.54, 1.807) is 51.8 Å². The second-order valence-corrected chi connectivity index (χ2v) is 23.5. The molecule has 2 aliphatic heterocycles. The molecule has 60 heavy (non-hydrogen) atoms. The average molecular weight is 850 g/mol. The number of aryl methyl sites for hydroxylation is 1. The van der Waals surface area contributed by atoms with Crippen LogP contribution in [0.25, 0.3) is 27.7 Å². The molecule has 0 radical (unpaired) electrons. The fourth-order valence-electron chi connectivity index (χ4n) is 7.91. The van der Waals surface area contributed by atoms with E-state index in [-0.39, 0.29) is 64.3 Å². The quantitative estimate of drug-likeness (QED) is 0.121. The van der Waals surface area contributed by atoms with E-state index in [0.29, 0.717) is 24.3 Å². The molecule has 0 saturated carbocycles. The van der Waals surface area contributed by atoms with Crippen LogP contribution < -0.4 is 20.1 Å². The zero-order valence-electron chi connectivity index (χ0n) is 37.1. The van der Waals surface area contributed by atoms with E-state index in [2.05, 4.69) is 38.8 Å². The number of nitrogens with zero attached hydrogens (tertiary/aromatic N) is 5. The molecule has 6 rings (SSSR count). The predicted molar refractivity (Wildman–Crippen MR) is 232 cm³/mol. The summed E-state index contributed by atoms with van der Waals surface area (Å²) >= 11 is 0. The van der Waals surface area contributed by atoms with Crippen LogP contribution in [0.4, 0.5) is 29.3 Å². The van der Waals surface area contributed by atoms with Crippen LogP contribution >= 0.6 is 0 Å². The molecular weight excluding hydrogens is 792 g/mol. The highest BCUT2D eigenvalue weighted by atomic mass is 28.4. The number of aromatic nitrogens is 2. The van der Waals surface area contributed by atoms with Crippen LogP contribution in [0, 0.1) is 24.4 Å². The van der Waals surface area contributed by atoms with Crippen LogP contribution in [0.2, 0.25) is 18.1 Å². The van der Waals surface area contributed by atoms with Gasteiger partial charge in [-0.3, -0.25) is 19.1 Å². The third-order valence-corrected chi connectivity index (χ3v) is 16.5. The number of methoxy groups -OCH3 is 1. The van der Waals surface area contributed by atoms with Gasteiger partial charge in [0.15, 0.2) is 14.1 Å². The lowest BCUT2D eigenvalue weighted by Gasteiger charge is -2.50. The predicted octanol–water partition coefficient (Wildman–Crippen LogP) is 9.48. The number of ether oxygens (including phenoxy) is 2. The topological polar surface area (TPSA) is 106 Å². The highest BCUT2D eigenvalue weighted by Gasteiger charge is 2.48. The summed E-state index contributed by atoms with van der Waals surface area (Å²) in [5.74, 6) is -4.06. The largest absolute Gasteiger partial charge is 0.496 e. The van der Waals surface area contributed by atoms with E-state index in [9.17, 15) is 4.79 Å². The molecule has 11 nitrogen and oxygen atoms in total. The maximum absolute atomic E-state index is 17.9. The summed E-state index contributed by atoms with van der Waals surface area (Å²) in [5.41, 5.74) is -1.69. The van der Waals surface area contributed by atoms with Gasteiger partial charge in [-0.2, -0.15) is 0 Å². The maximum Gasteiger partial charge on any atom is 0.410 e. The molecular formula is C45H58F3N5O6Si. The highest BCUT2D eigenvalue weighted by Crippen LogP contribution is 2.47. The van der Waals surface area contributed by atoms with E-state index in [1.165, 1.54) is 33.6 Å². The molecule has 2 aromatic carbocycles. The first kappa shape index (κ1) is 44.7. The molecule has 0 bridgehead atoms. The molecule has 2 atom stereocenters. The van der Waals surface area contributed by atoms with E-state index in [1.807, 2.05) is 13.8 Å². The van der Waals surface area contributed by atoms with Crippen LogP contribution in [0.3, 0.4) is 0 Å². The van der Waals surface area contributed by atoms with Crippen molar-refractivity contribution in [3.05, 3.63) is 75.6 Å². The summed E-state index contributed by atoms with van der Waals surface area (Å²) in [4.78, 5) is 53.4.